The lowest BCUT2D eigenvalue weighted by Gasteiger charge is -2.27. The number of rotatable bonds is 6. The van der Waals surface area contributed by atoms with Gasteiger partial charge in [0.2, 0.25) is 0 Å². The van der Waals surface area contributed by atoms with Crippen molar-refractivity contribution >= 4 is 42.8 Å². The molecule has 4 aromatic rings. The first-order valence-corrected chi connectivity index (χ1v) is 15.8. The van der Waals surface area contributed by atoms with Gasteiger partial charge >= 0.3 is 0 Å². The summed E-state index contributed by atoms with van der Waals surface area (Å²) < 4.78 is 24.4. The molecule has 2 fully saturated rings. The molecule has 6 rings (SSSR count). The van der Waals surface area contributed by atoms with Gasteiger partial charge in [-0.1, -0.05) is 0 Å². The third kappa shape index (κ3) is 6.05. The predicted octanol–water partition coefficient (Wildman–Crippen LogP) is 7.55. The van der Waals surface area contributed by atoms with Crippen LogP contribution in [0.4, 0.5) is 0 Å². The number of hydrogen-bond acceptors (Lipinski definition) is 8. The smallest absolute Gasteiger partial charge is 0.169 e. The Hall–Kier alpha value is -2.52. The first-order chi connectivity index (χ1) is 19.4. The molecule has 0 bridgehead atoms. The highest BCUT2D eigenvalue weighted by atomic mass is 32.1. The lowest BCUT2D eigenvalue weighted by molar-refractivity contribution is 0.358. The number of hydrogen-bond donors (Lipinski definition) is 2. The molecule has 2 aromatic heterocycles. The standard InChI is InChI=1S/2C16H21NO2S/c2*1-10-8-11(6-7-17-10)15-9-12-14(20-15)5-4-13(18-2)16(12)19-3/h2*4-5,9-11,17H,6-8H2,1-3H3/t10-,11+;10-,11-/m01/s1. The van der Waals surface area contributed by atoms with E-state index in [0.717, 1.165) is 36.1 Å². The second kappa shape index (κ2) is 13.0. The van der Waals surface area contributed by atoms with Crippen LogP contribution in [0.25, 0.3) is 20.2 Å². The van der Waals surface area contributed by atoms with Crippen molar-refractivity contribution in [3.8, 4) is 23.0 Å². The van der Waals surface area contributed by atoms with Crippen molar-refractivity contribution in [2.45, 2.75) is 63.5 Å². The zero-order valence-corrected chi connectivity index (χ0v) is 26.1. The monoisotopic (exact) mass is 582 g/mol. The fraction of sp³-hybridized carbons (Fsp3) is 0.500. The Bertz CT molecular complexity index is 1320. The highest BCUT2D eigenvalue weighted by molar-refractivity contribution is 7.19. The van der Waals surface area contributed by atoms with E-state index in [-0.39, 0.29) is 0 Å². The van der Waals surface area contributed by atoms with Gasteiger partial charge in [-0.3, -0.25) is 0 Å². The Balaban J connectivity index is 0.000000161. The maximum Gasteiger partial charge on any atom is 0.169 e. The van der Waals surface area contributed by atoms with Crippen LogP contribution in [0.15, 0.2) is 36.4 Å². The molecular weight excluding hydrogens is 540 g/mol. The number of nitrogens with one attached hydrogen (secondary N) is 2. The van der Waals surface area contributed by atoms with Gasteiger partial charge in [0.1, 0.15) is 0 Å². The number of methoxy groups -OCH3 is 4. The highest BCUT2D eigenvalue weighted by Crippen LogP contribution is 2.44. The summed E-state index contributed by atoms with van der Waals surface area (Å²) in [6.45, 7) is 6.76. The van der Waals surface area contributed by atoms with Crippen molar-refractivity contribution in [2.75, 3.05) is 41.5 Å². The topological polar surface area (TPSA) is 61.0 Å². The number of benzene rings is 2. The first-order valence-electron chi connectivity index (χ1n) is 14.2. The van der Waals surface area contributed by atoms with Gasteiger partial charge in [0, 0.05) is 42.0 Å². The zero-order chi connectivity index (χ0) is 28.2. The molecule has 40 heavy (non-hydrogen) atoms. The molecule has 0 aliphatic carbocycles. The molecule has 0 radical (unpaired) electrons. The minimum atomic E-state index is 0.607. The summed E-state index contributed by atoms with van der Waals surface area (Å²) in [5, 5.41) is 9.39. The zero-order valence-electron chi connectivity index (χ0n) is 24.5. The molecule has 216 valence electrons. The molecule has 2 N–H and O–H groups in total. The van der Waals surface area contributed by atoms with E-state index in [1.54, 1.807) is 28.4 Å². The summed E-state index contributed by atoms with van der Waals surface area (Å²) in [5.41, 5.74) is 0. The van der Waals surface area contributed by atoms with Gasteiger partial charge < -0.3 is 29.6 Å². The first kappa shape index (κ1) is 29.0. The van der Waals surface area contributed by atoms with Crippen LogP contribution < -0.4 is 29.6 Å². The highest BCUT2D eigenvalue weighted by Gasteiger charge is 2.24. The maximum absolute atomic E-state index is 5.54. The fourth-order valence-corrected chi connectivity index (χ4v) is 8.52. The van der Waals surface area contributed by atoms with Crippen LogP contribution in [0, 0.1) is 0 Å². The average molecular weight is 583 g/mol. The second-order valence-corrected chi connectivity index (χ2v) is 13.1. The van der Waals surface area contributed by atoms with E-state index in [1.807, 2.05) is 34.8 Å². The van der Waals surface area contributed by atoms with Crippen molar-refractivity contribution in [3.63, 3.8) is 0 Å². The van der Waals surface area contributed by atoms with Crippen LogP contribution in [-0.4, -0.2) is 53.6 Å². The largest absolute Gasteiger partial charge is 0.493 e. The van der Waals surface area contributed by atoms with Gasteiger partial charge in [0.25, 0.3) is 0 Å². The molecule has 2 aliphatic heterocycles. The van der Waals surface area contributed by atoms with E-state index in [4.69, 9.17) is 18.9 Å². The van der Waals surface area contributed by atoms with Crippen LogP contribution in [-0.2, 0) is 0 Å². The number of ether oxygens (including phenoxy) is 4. The molecule has 4 heterocycles. The van der Waals surface area contributed by atoms with Crippen molar-refractivity contribution in [3.05, 3.63) is 46.2 Å². The third-order valence-electron chi connectivity index (χ3n) is 8.17. The molecule has 6 nitrogen and oxygen atoms in total. The van der Waals surface area contributed by atoms with E-state index < -0.39 is 0 Å². The lowest BCUT2D eigenvalue weighted by Crippen LogP contribution is -2.34. The van der Waals surface area contributed by atoms with E-state index in [1.165, 1.54) is 55.6 Å². The molecule has 2 saturated heterocycles. The van der Waals surface area contributed by atoms with Gasteiger partial charge in [0.05, 0.1) is 28.4 Å². The maximum atomic E-state index is 5.54. The SMILES string of the molecule is COc1ccc2sc([C@@H]3CCN[C@@H](C)C3)cc2c1OC.COc1ccc2sc([C@@H]3CCN[C@H](C)C3)cc2c1OC. The molecule has 8 heteroatoms. The van der Waals surface area contributed by atoms with Gasteiger partial charge in [-0.15, -0.1) is 22.7 Å². The van der Waals surface area contributed by atoms with E-state index >= 15 is 0 Å². The van der Waals surface area contributed by atoms with Crippen molar-refractivity contribution in [2.24, 2.45) is 0 Å². The Labute approximate surface area is 246 Å². The molecule has 0 saturated carbocycles. The minimum Gasteiger partial charge on any atom is -0.493 e. The van der Waals surface area contributed by atoms with Gasteiger partial charge in [-0.25, -0.2) is 0 Å². The third-order valence-corrected chi connectivity index (χ3v) is 10.7. The van der Waals surface area contributed by atoms with Crippen LogP contribution in [0.5, 0.6) is 23.0 Å². The van der Waals surface area contributed by atoms with Gasteiger partial charge in [-0.05, 0) is 101 Å². The molecule has 0 spiro atoms. The number of thiophene rings is 2. The predicted molar refractivity (Wildman–Crippen MR) is 169 cm³/mol. The normalized spacial score (nSPS) is 22.9. The van der Waals surface area contributed by atoms with Crippen LogP contribution >= 0.6 is 22.7 Å². The van der Waals surface area contributed by atoms with Crippen LogP contribution in [0.2, 0.25) is 0 Å². The Morgan fingerprint density at radius 2 is 1.05 bits per heavy atom. The fourth-order valence-electron chi connectivity index (χ4n) is 6.10. The Morgan fingerprint density at radius 3 is 1.40 bits per heavy atom. The molecule has 4 atom stereocenters. The van der Waals surface area contributed by atoms with Crippen molar-refractivity contribution < 1.29 is 18.9 Å². The Morgan fingerprint density at radius 1 is 0.625 bits per heavy atom. The van der Waals surface area contributed by atoms with Gasteiger partial charge in [-0.2, -0.15) is 0 Å². The average Bonchev–Trinajstić information content (AvgIpc) is 3.61. The molecule has 0 unspecified atom stereocenters. The quantitative estimate of drug-likeness (QED) is 0.245. The minimum absolute atomic E-state index is 0.607. The van der Waals surface area contributed by atoms with E-state index in [2.05, 4.69) is 48.7 Å². The summed E-state index contributed by atoms with van der Waals surface area (Å²) in [6, 6.07) is 14.1. The number of piperidine rings is 2. The Kier molecular flexibility index (Phi) is 9.41. The van der Waals surface area contributed by atoms with E-state index in [0.29, 0.717) is 23.9 Å². The van der Waals surface area contributed by atoms with E-state index in [9.17, 15) is 0 Å². The molecular formula is C32H42N2O4S2. The summed E-state index contributed by atoms with van der Waals surface area (Å²) in [4.78, 5) is 2.94. The van der Waals surface area contributed by atoms with Crippen molar-refractivity contribution in [1.82, 2.24) is 10.6 Å². The summed E-state index contributed by atoms with van der Waals surface area (Å²) in [6.07, 6.45) is 4.87. The summed E-state index contributed by atoms with van der Waals surface area (Å²) in [7, 11) is 6.79. The second-order valence-electron chi connectivity index (χ2n) is 10.9. The molecule has 0 amide bonds. The lowest BCUT2D eigenvalue weighted by atomic mass is 9.92. The van der Waals surface area contributed by atoms with Gasteiger partial charge in [0.15, 0.2) is 23.0 Å². The summed E-state index contributed by atoms with van der Waals surface area (Å²) in [5.74, 6) is 4.66. The molecule has 2 aromatic carbocycles. The van der Waals surface area contributed by atoms with Crippen LogP contribution in [0.3, 0.4) is 0 Å². The van der Waals surface area contributed by atoms with Crippen LogP contribution in [0.1, 0.15) is 61.1 Å². The summed E-state index contributed by atoms with van der Waals surface area (Å²) >= 11 is 3.78. The molecule has 2 aliphatic rings. The van der Waals surface area contributed by atoms with Crippen molar-refractivity contribution in [1.29, 1.82) is 0 Å². The number of fused-ring (bicyclic) bond motifs is 2.